The van der Waals surface area contributed by atoms with Crippen LogP contribution >= 0.6 is 12.4 Å². The maximum atomic E-state index is 10.5. The van der Waals surface area contributed by atoms with Crippen LogP contribution in [0.4, 0.5) is 0 Å². The molecule has 0 spiro atoms. The van der Waals surface area contributed by atoms with Crippen molar-refractivity contribution in [3.63, 3.8) is 0 Å². The van der Waals surface area contributed by atoms with Gasteiger partial charge in [-0.1, -0.05) is 0 Å². The molecule has 0 aliphatic heterocycles. The maximum Gasteiger partial charge on any atom is 0.214 e. The van der Waals surface area contributed by atoms with E-state index >= 15 is 0 Å². The molecule has 0 bridgehead atoms. The highest BCUT2D eigenvalue weighted by Crippen LogP contribution is 2.40. The Bertz CT molecular complexity index is 195. The zero-order valence-corrected chi connectivity index (χ0v) is 6.76. The fraction of sp³-hybridized carbons (Fsp3) is 1.00. The van der Waals surface area contributed by atoms with Crippen LogP contribution in [0.3, 0.4) is 0 Å². The van der Waals surface area contributed by atoms with Gasteiger partial charge < -0.3 is 0 Å². The molecule has 0 saturated heterocycles. The number of nitrogens with two attached hydrogens (primary N) is 1. The van der Waals surface area contributed by atoms with E-state index in [1.54, 1.807) is 6.92 Å². The van der Waals surface area contributed by atoms with Crippen LogP contribution in [0, 0.1) is 0 Å². The van der Waals surface area contributed by atoms with Crippen molar-refractivity contribution >= 4 is 22.4 Å². The molecular formula is C4H10ClNO2S. The van der Waals surface area contributed by atoms with Gasteiger partial charge in [0, 0.05) is 0 Å². The van der Waals surface area contributed by atoms with Crippen LogP contribution in [0.5, 0.6) is 0 Å². The van der Waals surface area contributed by atoms with Gasteiger partial charge in [0.25, 0.3) is 0 Å². The van der Waals surface area contributed by atoms with E-state index in [0.717, 1.165) is 12.8 Å². The first kappa shape index (κ1) is 9.20. The molecule has 5 heteroatoms. The quantitative estimate of drug-likeness (QED) is 0.615. The lowest BCUT2D eigenvalue weighted by Crippen LogP contribution is -2.26. The summed E-state index contributed by atoms with van der Waals surface area (Å²) in [5, 5.41) is 4.85. The summed E-state index contributed by atoms with van der Waals surface area (Å²) in [7, 11) is -3.23. The standard InChI is InChI=1S/C4H9NO2S.ClH/c1-4(2-3-4)8(5,6)7;/h2-3H2,1H3,(H2,5,6,7);1H. The third-order valence-electron chi connectivity index (χ3n) is 1.64. The average molecular weight is 172 g/mol. The molecule has 3 nitrogen and oxygen atoms in total. The Kier molecular flexibility index (Phi) is 2.16. The highest BCUT2D eigenvalue weighted by molar-refractivity contribution is 7.90. The Hall–Kier alpha value is 0.200. The second-order valence-corrected chi connectivity index (χ2v) is 4.57. The normalized spacial score (nSPS) is 22.4. The average Bonchev–Trinajstić information content (AvgIpc) is 2.16. The van der Waals surface area contributed by atoms with Crippen LogP contribution in [0.2, 0.25) is 0 Å². The molecule has 0 atom stereocenters. The minimum absolute atomic E-state index is 0. The van der Waals surface area contributed by atoms with Gasteiger partial charge in [0.2, 0.25) is 10.0 Å². The molecule has 0 unspecified atom stereocenters. The monoisotopic (exact) mass is 171 g/mol. The van der Waals surface area contributed by atoms with Gasteiger partial charge in [-0.05, 0) is 19.8 Å². The van der Waals surface area contributed by atoms with Gasteiger partial charge in [0.1, 0.15) is 0 Å². The van der Waals surface area contributed by atoms with Crippen molar-refractivity contribution < 1.29 is 8.42 Å². The second kappa shape index (κ2) is 2.11. The van der Waals surface area contributed by atoms with E-state index in [0.29, 0.717) is 0 Å². The molecule has 9 heavy (non-hydrogen) atoms. The van der Waals surface area contributed by atoms with Crippen molar-refractivity contribution in [2.24, 2.45) is 5.14 Å². The predicted molar refractivity (Wildman–Crippen MR) is 38.0 cm³/mol. The summed E-state index contributed by atoms with van der Waals surface area (Å²) < 4.78 is 20.4. The summed E-state index contributed by atoms with van der Waals surface area (Å²) in [5.74, 6) is 0. The Balaban J connectivity index is 0.000000640. The molecule has 0 aromatic carbocycles. The SMILES string of the molecule is CC1(S(N)(=O)=O)CC1.Cl. The van der Waals surface area contributed by atoms with E-state index in [9.17, 15) is 8.42 Å². The summed E-state index contributed by atoms with van der Waals surface area (Å²) >= 11 is 0. The van der Waals surface area contributed by atoms with Crippen molar-refractivity contribution in [1.29, 1.82) is 0 Å². The van der Waals surface area contributed by atoms with Crippen molar-refractivity contribution in [2.45, 2.75) is 24.5 Å². The molecule has 56 valence electrons. The molecule has 2 N–H and O–H groups in total. The lowest BCUT2D eigenvalue weighted by Gasteiger charge is -2.01. The van der Waals surface area contributed by atoms with Gasteiger partial charge >= 0.3 is 0 Å². The third kappa shape index (κ3) is 1.56. The molecule has 1 aliphatic rings. The lowest BCUT2D eigenvalue weighted by molar-refractivity contribution is 0.584. The smallest absolute Gasteiger partial charge is 0.214 e. The maximum absolute atomic E-state index is 10.5. The highest BCUT2D eigenvalue weighted by atomic mass is 35.5. The zero-order valence-electron chi connectivity index (χ0n) is 5.12. The van der Waals surface area contributed by atoms with E-state index in [1.807, 2.05) is 0 Å². The summed E-state index contributed by atoms with van der Waals surface area (Å²) in [5.41, 5.74) is 0. The molecule has 0 aromatic heterocycles. The Morgan fingerprint density at radius 2 is 1.78 bits per heavy atom. The van der Waals surface area contributed by atoms with Crippen molar-refractivity contribution in [2.75, 3.05) is 0 Å². The number of sulfonamides is 1. The van der Waals surface area contributed by atoms with Crippen molar-refractivity contribution in [3.8, 4) is 0 Å². The molecule has 1 saturated carbocycles. The van der Waals surface area contributed by atoms with E-state index in [2.05, 4.69) is 0 Å². The van der Waals surface area contributed by atoms with Crippen molar-refractivity contribution in [1.82, 2.24) is 0 Å². The number of primary sulfonamides is 1. The van der Waals surface area contributed by atoms with Gasteiger partial charge in [0.15, 0.2) is 0 Å². The first-order chi connectivity index (χ1) is 3.46. The van der Waals surface area contributed by atoms with Crippen LogP contribution in [0.15, 0.2) is 0 Å². The minimum Gasteiger partial charge on any atom is -0.228 e. The third-order valence-corrected chi connectivity index (χ3v) is 3.42. The van der Waals surface area contributed by atoms with E-state index in [-0.39, 0.29) is 12.4 Å². The fourth-order valence-corrected chi connectivity index (χ4v) is 1.13. The van der Waals surface area contributed by atoms with E-state index in [4.69, 9.17) is 5.14 Å². The number of hydrogen-bond donors (Lipinski definition) is 1. The topological polar surface area (TPSA) is 60.2 Å². The molecule has 1 aliphatic carbocycles. The van der Waals surface area contributed by atoms with Crippen LogP contribution in [-0.2, 0) is 10.0 Å². The number of rotatable bonds is 1. The Morgan fingerprint density at radius 3 is 1.78 bits per heavy atom. The molecule has 0 amide bonds. The minimum atomic E-state index is -3.23. The summed E-state index contributed by atoms with van der Waals surface area (Å²) in [6.45, 7) is 1.67. The number of halogens is 1. The van der Waals surface area contributed by atoms with Gasteiger partial charge in [-0.2, -0.15) is 0 Å². The van der Waals surface area contributed by atoms with Crippen LogP contribution in [0.25, 0.3) is 0 Å². The van der Waals surface area contributed by atoms with Crippen LogP contribution in [-0.4, -0.2) is 13.2 Å². The van der Waals surface area contributed by atoms with Crippen LogP contribution in [0.1, 0.15) is 19.8 Å². The summed E-state index contributed by atoms with van der Waals surface area (Å²) in [6.07, 6.45) is 1.46. The fourth-order valence-electron chi connectivity index (χ4n) is 0.461. The van der Waals surface area contributed by atoms with Gasteiger partial charge in [-0.3, -0.25) is 0 Å². The molecule has 1 fully saturated rings. The van der Waals surface area contributed by atoms with Gasteiger partial charge in [-0.15, -0.1) is 12.4 Å². The van der Waals surface area contributed by atoms with E-state index in [1.165, 1.54) is 0 Å². The predicted octanol–water partition coefficient (Wildman–Crippen LogP) is 0.249. The molecule has 1 rings (SSSR count). The second-order valence-electron chi connectivity index (χ2n) is 2.49. The lowest BCUT2D eigenvalue weighted by atomic mass is 10.5. The number of hydrogen-bond acceptors (Lipinski definition) is 2. The molecule has 0 heterocycles. The summed E-state index contributed by atoms with van der Waals surface area (Å²) in [6, 6.07) is 0. The summed E-state index contributed by atoms with van der Waals surface area (Å²) in [4.78, 5) is 0. The highest BCUT2D eigenvalue weighted by Gasteiger charge is 2.47. The van der Waals surface area contributed by atoms with Gasteiger partial charge in [-0.25, -0.2) is 13.6 Å². The van der Waals surface area contributed by atoms with Crippen molar-refractivity contribution in [3.05, 3.63) is 0 Å². The first-order valence-corrected chi connectivity index (χ1v) is 4.03. The first-order valence-electron chi connectivity index (χ1n) is 2.48. The zero-order chi connectivity index (χ0) is 6.41. The van der Waals surface area contributed by atoms with E-state index < -0.39 is 14.8 Å². The van der Waals surface area contributed by atoms with Crippen LogP contribution < -0.4 is 5.14 Å². The largest absolute Gasteiger partial charge is 0.228 e. The Labute approximate surface area is 61.1 Å². The molecule has 0 aromatic rings. The Morgan fingerprint density at radius 1 is 1.44 bits per heavy atom. The molecular weight excluding hydrogens is 162 g/mol. The molecule has 0 radical (unpaired) electrons. The van der Waals surface area contributed by atoms with Gasteiger partial charge in [0.05, 0.1) is 4.75 Å².